The minimum atomic E-state index is -3.87. The highest BCUT2D eigenvalue weighted by Crippen LogP contribution is 2.39. The van der Waals surface area contributed by atoms with Crippen LogP contribution >= 0.6 is 11.6 Å². The number of nitrogens with two attached hydrogens (primary N) is 1. The minimum absolute atomic E-state index is 0.0333. The average Bonchev–Trinajstić information content (AvgIpc) is 2.43. The van der Waals surface area contributed by atoms with Gasteiger partial charge in [0.25, 0.3) is 0 Å². The van der Waals surface area contributed by atoms with Crippen LogP contribution in [0.15, 0.2) is 17.0 Å². The Morgan fingerprint density at radius 1 is 1.50 bits per heavy atom. The van der Waals surface area contributed by atoms with Gasteiger partial charge < -0.3 is 20.3 Å². The molecule has 3 N–H and O–H groups in total. The van der Waals surface area contributed by atoms with Crippen LogP contribution in [0.5, 0.6) is 5.75 Å². The summed E-state index contributed by atoms with van der Waals surface area (Å²) in [6.45, 7) is 0.492. The van der Waals surface area contributed by atoms with E-state index in [0.717, 1.165) is 0 Å². The fourth-order valence-corrected chi connectivity index (χ4v) is 4.75. The molecular formula is C12H16ClNO5S. The van der Waals surface area contributed by atoms with E-state index in [1.165, 1.54) is 19.2 Å². The number of rotatable bonds is 3. The molecule has 1 aliphatic heterocycles. The van der Waals surface area contributed by atoms with E-state index in [1.807, 2.05) is 0 Å². The minimum Gasteiger partial charge on any atom is -0.504 e. The Bertz CT molecular complexity index is 604. The van der Waals surface area contributed by atoms with Gasteiger partial charge in [0.2, 0.25) is 0 Å². The first kappa shape index (κ1) is 15.4. The van der Waals surface area contributed by atoms with Crippen LogP contribution in [0.3, 0.4) is 0 Å². The topological polar surface area (TPSA) is 98.9 Å². The molecular weight excluding hydrogens is 306 g/mol. The van der Waals surface area contributed by atoms with Crippen LogP contribution in [0.4, 0.5) is 5.69 Å². The van der Waals surface area contributed by atoms with E-state index in [2.05, 4.69) is 0 Å². The SMILES string of the molecule is COC1COCCC1S(=O)(=O)c1c(Cl)ccc(N)c1O. The van der Waals surface area contributed by atoms with Crippen LogP contribution in [0.2, 0.25) is 5.02 Å². The maximum Gasteiger partial charge on any atom is 0.189 e. The summed E-state index contributed by atoms with van der Waals surface area (Å²) in [6.07, 6.45) is -0.337. The van der Waals surface area contributed by atoms with Crippen molar-refractivity contribution in [1.82, 2.24) is 0 Å². The summed E-state index contributed by atoms with van der Waals surface area (Å²) in [6, 6.07) is 2.71. The summed E-state index contributed by atoms with van der Waals surface area (Å²) in [5.74, 6) is -0.515. The molecule has 2 atom stereocenters. The number of hydrogen-bond donors (Lipinski definition) is 2. The number of phenolic OH excluding ortho intramolecular Hbond substituents is 1. The van der Waals surface area contributed by atoms with Crippen LogP contribution in [0.1, 0.15) is 6.42 Å². The molecule has 112 valence electrons. The van der Waals surface area contributed by atoms with E-state index in [0.29, 0.717) is 6.61 Å². The van der Waals surface area contributed by atoms with E-state index < -0.39 is 26.9 Å². The lowest BCUT2D eigenvalue weighted by molar-refractivity contribution is -0.0263. The van der Waals surface area contributed by atoms with Crippen molar-refractivity contribution in [3.8, 4) is 5.75 Å². The van der Waals surface area contributed by atoms with Gasteiger partial charge in [0, 0.05) is 13.7 Å². The highest BCUT2D eigenvalue weighted by atomic mass is 35.5. The maximum atomic E-state index is 12.7. The van der Waals surface area contributed by atoms with Crippen molar-refractivity contribution in [2.45, 2.75) is 22.7 Å². The van der Waals surface area contributed by atoms with E-state index in [4.69, 9.17) is 26.8 Å². The lowest BCUT2D eigenvalue weighted by atomic mass is 10.1. The third kappa shape index (κ3) is 2.58. The number of sulfone groups is 1. The predicted octanol–water partition coefficient (Wildman–Crippen LogP) is 1.21. The summed E-state index contributed by atoms with van der Waals surface area (Å²) in [5, 5.41) is 9.06. The first-order valence-corrected chi connectivity index (χ1v) is 7.93. The summed E-state index contributed by atoms with van der Waals surface area (Å²) in [5.41, 5.74) is 5.52. The molecule has 0 aliphatic carbocycles. The fourth-order valence-electron chi connectivity index (χ4n) is 2.25. The highest BCUT2D eigenvalue weighted by Gasteiger charge is 2.40. The van der Waals surface area contributed by atoms with Crippen molar-refractivity contribution in [1.29, 1.82) is 0 Å². The van der Waals surface area contributed by atoms with Gasteiger partial charge in [0.05, 0.1) is 28.7 Å². The maximum absolute atomic E-state index is 12.7. The molecule has 0 bridgehead atoms. The number of hydrogen-bond acceptors (Lipinski definition) is 6. The number of aromatic hydroxyl groups is 1. The van der Waals surface area contributed by atoms with Crippen molar-refractivity contribution in [2.75, 3.05) is 26.1 Å². The normalized spacial score (nSPS) is 23.7. The zero-order chi connectivity index (χ0) is 14.9. The second-order valence-corrected chi connectivity index (χ2v) is 7.05. The quantitative estimate of drug-likeness (QED) is 0.641. The molecule has 8 heteroatoms. The number of nitrogen functional groups attached to an aromatic ring is 1. The molecule has 1 aromatic carbocycles. The lowest BCUT2D eigenvalue weighted by Crippen LogP contribution is -2.43. The molecule has 1 heterocycles. The molecule has 0 aromatic heterocycles. The Morgan fingerprint density at radius 3 is 2.85 bits per heavy atom. The summed E-state index contributed by atoms with van der Waals surface area (Å²) < 4.78 is 35.8. The van der Waals surface area contributed by atoms with Crippen LogP contribution in [0.25, 0.3) is 0 Å². The van der Waals surface area contributed by atoms with E-state index >= 15 is 0 Å². The lowest BCUT2D eigenvalue weighted by Gasteiger charge is -2.30. The molecule has 1 aromatic rings. The van der Waals surface area contributed by atoms with Gasteiger partial charge in [-0.1, -0.05) is 11.6 Å². The molecule has 0 amide bonds. The van der Waals surface area contributed by atoms with E-state index in [1.54, 1.807) is 0 Å². The van der Waals surface area contributed by atoms with Gasteiger partial charge in [-0.15, -0.1) is 0 Å². The molecule has 1 saturated heterocycles. The zero-order valence-corrected chi connectivity index (χ0v) is 12.4. The van der Waals surface area contributed by atoms with Gasteiger partial charge in [-0.05, 0) is 18.6 Å². The van der Waals surface area contributed by atoms with Crippen molar-refractivity contribution in [2.24, 2.45) is 0 Å². The molecule has 0 radical (unpaired) electrons. The molecule has 0 spiro atoms. The number of halogens is 1. The van der Waals surface area contributed by atoms with Crippen molar-refractivity contribution >= 4 is 27.1 Å². The smallest absolute Gasteiger partial charge is 0.189 e. The van der Waals surface area contributed by atoms with Crippen LogP contribution in [-0.2, 0) is 19.3 Å². The van der Waals surface area contributed by atoms with Crippen LogP contribution in [-0.4, -0.2) is 45.2 Å². The van der Waals surface area contributed by atoms with Gasteiger partial charge in [0.15, 0.2) is 15.6 Å². The molecule has 2 unspecified atom stereocenters. The second-order valence-electron chi connectivity index (χ2n) is 4.54. The zero-order valence-electron chi connectivity index (χ0n) is 10.9. The molecule has 1 aliphatic rings. The Labute approximate surface area is 122 Å². The number of anilines is 1. The third-order valence-corrected chi connectivity index (χ3v) is 6.09. The van der Waals surface area contributed by atoms with Gasteiger partial charge in [-0.3, -0.25) is 0 Å². The molecule has 1 fully saturated rings. The summed E-state index contributed by atoms with van der Waals surface area (Å²) in [4.78, 5) is -0.340. The molecule has 20 heavy (non-hydrogen) atoms. The summed E-state index contributed by atoms with van der Waals surface area (Å²) >= 11 is 5.93. The first-order chi connectivity index (χ1) is 9.39. The van der Waals surface area contributed by atoms with Crippen LogP contribution in [0, 0.1) is 0 Å². The van der Waals surface area contributed by atoms with Gasteiger partial charge in [0.1, 0.15) is 4.90 Å². The summed E-state index contributed by atoms with van der Waals surface area (Å²) in [7, 11) is -2.45. The third-order valence-electron chi connectivity index (χ3n) is 3.34. The molecule has 2 rings (SSSR count). The Balaban J connectivity index is 2.52. The van der Waals surface area contributed by atoms with Crippen molar-refractivity contribution in [3.05, 3.63) is 17.2 Å². The monoisotopic (exact) mass is 321 g/mol. The van der Waals surface area contributed by atoms with Crippen molar-refractivity contribution < 1.29 is 23.0 Å². The largest absolute Gasteiger partial charge is 0.504 e. The average molecular weight is 322 g/mol. The van der Waals surface area contributed by atoms with Crippen molar-refractivity contribution in [3.63, 3.8) is 0 Å². The van der Waals surface area contributed by atoms with E-state index in [9.17, 15) is 13.5 Å². The molecule has 6 nitrogen and oxygen atoms in total. The predicted molar refractivity (Wildman–Crippen MR) is 74.7 cm³/mol. The number of benzene rings is 1. The number of ether oxygens (including phenoxy) is 2. The van der Waals surface area contributed by atoms with Gasteiger partial charge in [-0.25, -0.2) is 8.42 Å². The molecule has 0 saturated carbocycles. The highest BCUT2D eigenvalue weighted by molar-refractivity contribution is 7.92. The van der Waals surface area contributed by atoms with Gasteiger partial charge >= 0.3 is 0 Å². The first-order valence-electron chi connectivity index (χ1n) is 6.01. The van der Waals surface area contributed by atoms with Gasteiger partial charge in [-0.2, -0.15) is 0 Å². The standard InChI is InChI=1S/C12H16ClNO5S/c1-18-9-6-19-5-4-10(9)20(16,17)12-7(13)2-3-8(14)11(12)15/h2-3,9-10,15H,4-6,14H2,1H3. The second kappa shape index (κ2) is 5.77. The Kier molecular flexibility index (Phi) is 4.43. The number of phenols is 1. The Morgan fingerprint density at radius 2 is 2.20 bits per heavy atom. The fraction of sp³-hybridized carbons (Fsp3) is 0.500. The van der Waals surface area contributed by atoms with Crippen LogP contribution < -0.4 is 5.73 Å². The number of methoxy groups -OCH3 is 1. The van der Waals surface area contributed by atoms with E-state index in [-0.39, 0.29) is 28.6 Å². The Hall–Kier alpha value is -1.02.